The van der Waals surface area contributed by atoms with Crippen LogP contribution in [-0.2, 0) is 4.79 Å². The summed E-state index contributed by atoms with van der Waals surface area (Å²) in [4.78, 5) is 26.3. The highest BCUT2D eigenvalue weighted by Crippen LogP contribution is 2.25. The van der Waals surface area contributed by atoms with Crippen molar-refractivity contribution in [3.63, 3.8) is 0 Å². The fourth-order valence-electron chi connectivity index (χ4n) is 3.11. The summed E-state index contributed by atoms with van der Waals surface area (Å²) in [6.45, 7) is 4.33. The number of carbonyl (C=O) groups is 1. The van der Waals surface area contributed by atoms with E-state index in [0.29, 0.717) is 18.3 Å². The Hall–Kier alpha value is -2.54. The van der Waals surface area contributed by atoms with Gasteiger partial charge in [0.2, 0.25) is 0 Å². The van der Waals surface area contributed by atoms with Gasteiger partial charge in [-0.3, -0.25) is 9.78 Å². The third-order valence-corrected chi connectivity index (χ3v) is 4.38. The molecule has 1 aliphatic rings. The number of hydrogen-bond donors (Lipinski definition) is 2. The molecule has 25 heavy (non-hydrogen) atoms. The number of aliphatic carboxylic acids is 1. The Balaban J connectivity index is 1.60. The molecule has 0 amide bonds. The van der Waals surface area contributed by atoms with E-state index in [2.05, 4.69) is 25.2 Å². The second kappa shape index (κ2) is 8.02. The largest absolute Gasteiger partial charge is 0.481 e. The molecule has 0 aromatic carbocycles. The van der Waals surface area contributed by atoms with Crippen LogP contribution in [-0.4, -0.2) is 50.6 Å². The van der Waals surface area contributed by atoms with Crippen molar-refractivity contribution in [1.29, 1.82) is 0 Å². The first-order valence-electron chi connectivity index (χ1n) is 8.57. The van der Waals surface area contributed by atoms with Crippen molar-refractivity contribution < 1.29 is 9.90 Å². The fourth-order valence-corrected chi connectivity index (χ4v) is 3.11. The zero-order chi connectivity index (χ0) is 17.6. The van der Waals surface area contributed by atoms with Crippen LogP contribution in [0.4, 0.5) is 11.6 Å². The number of nitrogens with zero attached hydrogens (tertiary/aromatic N) is 4. The maximum Gasteiger partial charge on any atom is 0.304 e. The molecule has 1 fully saturated rings. The Labute approximate surface area is 147 Å². The van der Waals surface area contributed by atoms with Crippen molar-refractivity contribution in [3.05, 3.63) is 42.0 Å². The van der Waals surface area contributed by atoms with E-state index in [1.54, 1.807) is 6.20 Å². The molecule has 1 aliphatic heterocycles. The van der Waals surface area contributed by atoms with Gasteiger partial charge in [0.25, 0.3) is 0 Å². The van der Waals surface area contributed by atoms with Crippen molar-refractivity contribution in [2.75, 3.05) is 25.0 Å². The normalized spacial score (nSPS) is 18.0. The molecule has 0 bridgehead atoms. The summed E-state index contributed by atoms with van der Waals surface area (Å²) >= 11 is 0. The molecule has 1 unspecified atom stereocenters. The first-order valence-corrected chi connectivity index (χ1v) is 8.57. The topological polar surface area (TPSA) is 91.2 Å². The molecule has 0 spiro atoms. The molecular formula is C18H23N5O2. The van der Waals surface area contributed by atoms with Gasteiger partial charge in [-0.05, 0) is 38.4 Å². The molecule has 2 N–H and O–H groups in total. The maximum absolute atomic E-state index is 10.7. The highest BCUT2D eigenvalue weighted by molar-refractivity contribution is 5.66. The second-order valence-electron chi connectivity index (χ2n) is 6.40. The lowest BCUT2D eigenvalue weighted by atomic mass is 9.95. The van der Waals surface area contributed by atoms with E-state index >= 15 is 0 Å². The minimum absolute atomic E-state index is 0.185. The molecule has 1 saturated heterocycles. The van der Waals surface area contributed by atoms with Crippen LogP contribution in [0, 0.1) is 6.92 Å². The summed E-state index contributed by atoms with van der Waals surface area (Å²) in [5, 5.41) is 12.0. The van der Waals surface area contributed by atoms with Crippen LogP contribution in [0.5, 0.6) is 0 Å². The molecule has 3 rings (SSSR count). The zero-order valence-corrected chi connectivity index (χ0v) is 14.4. The first-order chi connectivity index (χ1) is 12.1. The van der Waals surface area contributed by atoms with E-state index in [0.717, 1.165) is 43.1 Å². The molecular weight excluding hydrogens is 318 g/mol. The summed E-state index contributed by atoms with van der Waals surface area (Å²) in [5.74, 6) is 0.975. The highest BCUT2D eigenvalue weighted by atomic mass is 16.4. The molecule has 132 valence electrons. The lowest BCUT2D eigenvalue weighted by Gasteiger charge is -2.31. The van der Waals surface area contributed by atoms with Crippen LogP contribution in [0.2, 0.25) is 0 Å². The van der Waals surface area contributed by atoms with Gasteiger partial charge in [0, 0.05) is 24.7 Å². The number of piperidine rings is 1. The summed E-state index contributed by atoms with van der Waals surface area (Å²) in [6, 6.07) is 5.78. The standard InChI is InChI=1S/C18H23N5O2/c1-13-4-2-6-16(21-13)22-17-11-19-15(10-20-17)14-5-3-8-23(12-14)9-7-18(24)25/h2,4,6,10-11,14H,3,5,7-9,12H2,1H3,(H,24,25)(H,20,21,22). The summed E-state index contributed by atoms with van der Waals surface area (Å²) < 4.78 is 0. The zero-order valence-electron chi connectivity index (χ0n) is 14.4. The van der Waals surface area contributed by atoms with Crippen molar-refractivity contribution in [2.24, 2.45) is 0 Å². The Morgan fingerprint density at radius 2 is 2.20 bits per heavy atom. The maximum atomic E-state index is 10.7. The average molecular weight is 341 g/mol. The molecule has 0 aliphatic carbocycles. The van der Waals surface area contributed by atoms with Gasteiger partial charge in [0.1, 0.15) is 11.6 Å². The van der Waals surface area contributed by atoms with Gasteiger partial charge in [-0.1, -0.05) is 6.07 Å². The Morgan fingerprint density at radius 3 is 2.92 bits per heavy atom. The van der Waals surface area contributed by atoms with Crippen molar-refractivity contribution >= 4 is 17.6 Å². The molecule has 0 radical (unpaired) electrons. The number of hydrogen-bond acceptors (Lipinski definition) is 6. The van der Waals surface area contributed by atoms with E-state index in [1.165, 1.54) is 0 Å². The fraction of sp³-hybridized carbons (Fsp3) is 0.444. The first kappa shape index (κ1) is 17.3. The summed E-state index contributed by atoms with van der Waals surface area (Å²) in [5.41, 5.74) is 1.90. The number of pyridine rings is 1. The third kappa shape index (κ3) is 4.96. The Bertz CT molecular complexity index is 720. The van der Waals surface area contributed by atoms with Gasteiger partial charge < -0.3 is 15.3 Å². The lowest BCUT2D eigenvalue weighted by molar-refractivity contribution is -0.137. The molecule has 0 saturated carbocycles. The highest BCUT2D eigenvalue weighted by Gasteiger charge is 2.22. The number of carboxylic acids is 1. The van der Waals surface area contributed by atoms with Crippen LogP contribution >= 0.6 is 0 Å². The van der Waals surface area contributed by atoms with Gasteiger partial charge >= 0.3 is 5.97 Å². The van der Waals surface area contributed by atoms with Crippen LogP contribution in [0.1, 0.15) is 36.6 Å². The predicted octanol–water partition coefficient (Wildman–Crippen LogP) is 2.58. The van der Waals surface area contributed by atoms with Crippen molar-refractivity contribution in [2.45, 2.75) is 32.1 Å². The molecule has 3 heterocycles. The number of carboxylic acid groups (broad SMARTS) is 1. The molecule has 7 heteroatoms. The SMILES string of the molecule is Cc1cccc(Nc2cnc(C3CCCN(CCC(=O)O)C3)cn2)n1. The molecule has 7 nitrogen and oxygen atoms in total. The number of likely N-dealkylation sites (tertiary alicyclic amines) is 1. The Morgan fingerprint density at radius 1 is 1.32 bits per heavy atom. The van der Waals surface area contributed by atoms with Gasteiger partial charge in [-0.15, -0.1) is 0 Å². The predicted molar refractivity (Wildman–Crippen MR) is 95.0 cm³/mol. The van der Waals surface area contributed by atoms with E-state index in [-0.39, 0.29) is 6.42 Å². The van der Waals surface area contributed by atoms with Crippen LogP contribution in [0.15, 0.2) is 30.6 Å². The molecule has 2 aromatic rings. The lowest BCUT2D eigenvalue weighted by Crippen LogP contribution is -2.36. The minimum atomic E-state index is -0.748. The number of nitrogens with one attached hydrogen (secondary N) is 1. The number of aryl methyl sites for hydroxylation is 1. The van der Waals surface area contributed by atoms with E-state index in [9.17, 15) is 4.79 Å². The van der Waals surface area contributed by atoms with Crippen molar-refractivity contribution in [1.82, 2.24) is 19.9 Å². The van der Waals surface area contributed by atoms with Gasteiger partial charge in [-0.25, -0.2) is 9.97 Å². The van der Waals surface area contributed by atoms with E-state index < -0.39 is 5.97 Å². The average Bonchev–Trinajstić information content (AvgIpc) is 2.61. The summed E-state index contributed by atoms with van der Waals surface area (Å²) in [6.07, 6.45) is 5.84. The third-order valence-electron chi connectivity index (χ3n) is 4.38. The van der Waals surface area contributed by atoms with Crippen LogP contribution in [0.25, 0.3) is 0 Å². The second-order valence-corrected chi connectivity index (χ2v) is 6.40. The monoisotopic (exact) mass is 341 g/mol. The molecule has 2 aromatic heterocycles. The number of rotatable bonds is 6. The smallest absolute Gasteiger partial charge is 0.304 e. The van der Waals surface area contributed by atoms with Crippen LogP contribution < -0.4 is 5.32 Å². The quantitative estimate of drug-likeness (QED) is 0.834. The number of anilines is 2. The summed E-state index contributed by atoms with van der Waals surface area (Å²) in [7, 11) is 0. The van der Waals surface area contributed by atoms with Crippen LogP contribution in [0.3, 0.4) is 0 Å². The number of aromatic nitrogens is 3. The van der Waals surface area contributed by atoms with E-state index in [4.69, 9.17) is 5.11 Å². The van der Waals surface area contributed by atoms with Gasteiger partial charge in [-0.2, -0.15) is 0 Å². The minimum Gasteiger partial charge on any atom is -0.481 e. The van der Waals surface area contributed by atoms with Crippen molar-refractivity contribution in [3.8, 4) is 0 Å². The van der Waals surface area contributed by atoms with E-state index in [1.807, 2.05) is 31.3 Å². The molecule has 1 atom stereocenters. The Kier molecular flexibility index (Phi) is 5.55. The van der Waals surface area contributed by atoms with Gasteiger partial charge in [0.05, 0.1) is 24.5 Å². The van der Waals surface area contributed by atoms with Gasteiger partial charge in [0.15, 0.2) is 0 Å².